The number of fused-ring (bicyclic) bond motifs is 4. The van der Waals surface area contributed by atoms with Gasteiger partial charge in [0.1, 0.15) is 24.0 Å². The minimum atomic E-state index is 0.0244. The maximum atomic E-state index is 6.75. The van der Waals surface area contributed by atoms with E-state index in [1.807, 2.05) is 12.3 Å². The number of aryl methyl sites for hydroxylation is 1. The molecule has 0 bridgehead atoms. The van der Waals surface area contributed by atoms with Crippen molar-refractivity contribution >= 4 is 44.6 Å². The van der Waals surface area contributed by atoms with Gasteiger partial charge in [-0.05, 0) is 123 Å². The molecule has 1 aliphatic rings. The summed E-state index contributed by atoms with van der Waals surface area (Å²) in [6, 6.07) is 50.5. The second kappa shape index (κ2) is 14.4. The second-order valence-electron chi connectivity index (χ2n) is 19.6. The van der Waals surface area contributed by atoms with E-state index in [9.17, 15) is 0 Å². The first-order chi connectivity index (χ1) is 28.5. The lowest BCUT2D eigenvalue weighted by molar-refractivity contribution is 0.483. The molecule has 0 saturated heterocycles. The van der Waals surface area contributed by atoms with Gasteiger partial charge in [-0.1, -0.05) is 123 Å². The molecule has 0 unspecified atom stereocenters. The number of hydrogen-bond acceptors (Lipinski definition) is 4. The maximum absolute atomic E-state index is 6.75. The van der Waals surface area contributed by atoms with Crippen LogP contribution in [0, 0.1) is 6.92 Å². The summed E-state index contributed by atoms with van der Waals surface area (Å²) in [5.41, 5.74) is 14.6. The van der Waals surface area contributed by atoms with Crippen molar-refractivity contribution in [3.63, 3.8) is 0 Å². The van der Waals surface area contributed by atoms with Gasteiger partial charge < -0.3 is 14.5 Å². The summed E-state index contributed by atoms with van der Waals surface area (Å²) in [5, 5.41) is 2.34. The highest BCUT2D eigenvalue weighted by Crippen LogP contribution is 2.46. The molecule has 0 atom stereocenters. The van der Waals surface area contributed by atoms with E-state index in [4.69, 9.17) is 9.72 Å². The Morgan fingerprint density at radius 1 is 0.500 bits per heavy atom. The van der Waals surface area contributed by atoms with Gasteiger partial charge >= 0.3 is 0 Å². The number of hydrogen-bond donors (Lipinski definition) is 0. The van der Waals surface area contributed by atoms with Gasteiger partial charge in [-0.25, -0.2) is 4.98 Å². The number of benzene rings is 6. The van der Waals surface area contributed by atoms with Crippen molar-refractivity contribution < 1.29 is 4.74 Å². The number of rotatable bonds is 6. The van der Waals surface area contributed by atoms with Crippen LogP contribution in [0.25, 0.3) is 38.8 Å². The van der Waals surface area contributed by atoms with Crippen LogP contribution in [0.3, 0.4) is 0 Å². The van der Waals surface area contributed by atoms with Crippen LogP contribution in [0.1, 0.15) is 84.6 Å². The third-order valence-corrected chi connectivity index (χ3v) is 12.1. The third kappa shape index (κ3) is 7.21. The Hall–Kier alpha value is -6.33. The van der Waals surface area contributed by atoms with Gasteiger partial charge in [0.05, 0.1) is 22.4 Å². The van der Waals surface area contributed by atoms with Crippen molar-refractivity contribution in [1.29, 1.82) is 0 Å². The van der Waals surface area contributed by atoms with Crippen LogP contribution in [-0.4, -0.2) is 16.2 Å². The SMILES string of the molecule is Cc1cc(C(C)(C)C)ccc1-c1ccnc(-n2c3ccccc3c3ccc(Oc4cccc(N5CN(c6cc(C(C)(C)C)cc(C(C)(C)C)c6)c6ccccc65)c4)cc32)c1. The Kier molecular flexibility index (Phi) is 9.42. The zero-order chi connectivity index (χ0) is 42.1. The van der Waals surface area contributed by atoms with E-state index in [-0.39, 0.29) is 16.2 Å². The normalized spacial score (nSPS) is 13.4. The standard InChI is InChI=1S/C55H56N4O/c1-36-28-38(53(2,3)4)22-24-45(36)37-26-27-56-52(29-37)59-48-19-12-11-18-46(48)47-25-23-44(34-51(47)59)60-43-17-15-16-41(33-43)57-35-58(50-21-14-13-20-49(50)57)42-31-39(54(5,6)7)30-40(32-42)55(8,9)10/h11-34H,35H2,1-10H3. The van der Waals surface area contributed by atoms with E-state index in [1.165, 1.54) is 50.3 Å². The Morgan fingerprint density at radius 2 is 1.13 bits per heavy atom. The predicted octanol–water partition coefficient (Wildman–Crippen LogP) is 15.1. The fraction of sp³-hybridized carbons (Fsp3) is 0.255. The molecule has 8 aromatic rings. The highest BCUT2D eigenvalue weighted by atomic mass is 16.5. The average molecular weight is 789 g/mol. The fourth-order valence-corrected chi connectivity index (χ4v) is 8.56. The van der Waals surface area contributed by atoms with Gasteiger partial charge in [0.15, 0.2) is 0 Å². The summed E-state index contributed by atoms with van der Waals surface area (Å²) in [6.07, 6.45) is 1.93. The van der Waals surface area contributed by atoms with Crippen LogP contribution in [0.2, 0.25) is 0 Å². The van der Waals surface area contributed by atoms with Crippen LogP contribution < -0.4 is 14.5 Å². The quantitative estimate of drug-likeness (QED) is 0.168. The molecule has 5 nitrogen and oxygen atoms in total. The van der Waals surface area contributed by atoms with Crippen molar-refractivity contribution in [1.82, 2.24) is 9.55 Å². The number of nitrogens with zero attached hydrogens (tertiary/aromatic N) is 4. The second-order valence-corrected chi connectivity index (χ2v) is 19.6. The molecular weight excluding hydrogens is 733 g/mol. The number of aromatic nitrogens is 2. The largest absolute Gasteiger partial charge is 0.457 e. The van der Waals surface area contributed by atoms with Crippen molar-refractivity contribution in [3.05, 3.63) is 168 Å². The van der Waals surface area contributed by atoms with Crippen LogP contribution in [-0.2, 0) is 16.2 Å². The number of para-hydroxylation sites is 3. The predicted molar refractivity (Wildman–Crippen MR) is 253 cm³/mol. The minimum Gasteiger partial charge on any atom is -0.457 e. The van der Waals surface area contributed by atoms with Crippen molar-refractivity contribution in [2.75, 3.05) is 16.5 Å². The molecule has 0 radical (unpaired) electrons. The van der Waals surface area contributed by atoms with Crippen molar-refractivity contribution in [2.24, 2.45) is 0 Å². The summed E-state index contributed by atoms with van der Waals surface area (Å²) >= 11 is 0. The molecule has 60 heavy (non-hydrogen) atoms. The molecule has 5 heteroatoms. The Labute approximate surface area is 355 Å². The Balaban J connectivity index is 1.06. The summed E-state index contributed by atoms with van der Waals surface area (Å²) in [6.45, 7) is 23.5. The first kappa shape index (κ1) is 39.1. The van der Waals surface area contributed by atoms with Gasteiger partial charge in [0.2, 0.25) is 0 Å². The van der Waals surface area contributed by atoms with Crippen LogP contribution in [0.4, 0.5) is 22.7 Å². The molecule has 0 N–H and O–H groups in total. The number of anilines is 4. The van der Waals surface area contributed by atoms with E-state index >= 15 is 0 Å². The topological polar surface area (TPSA) is 33.5 Å². The third-order valence-electron chi connectivity index (χ3n) is 12.1. The van der Waals surface area contributed by atoms with E-state index in [2.05, 4.69) is 217 Å². The molecular formula is C55H56N4O. The first-order valence-electron chi connectivity index (χ1n) is 21.2. The highest BCUT2D eigenvalue weighted by molar-refractivity contribution is 6.09. The van der Waals surface area contributed by atoms with E-state index in [0.29, 0.717) is 6.67 Å². The lowest BCUT2D eigenvalue weighted by atomic mass is 9.80. The Bertz CT molecular complexity index is 2880. The van der Waals surface area contributed by atoms with E-state index < -0.39 is 0 Å². The summed E-state index contributed by atoms with van der Waals surface area (Å²) in [7, 11) is 0. The van der Waals surface area contributed by atoms with E-state index in [0.717, 1.165) is 45.0 Å². The van der Waals surface area contributed by atoms with Gasteiger partial charge in [-0.15, -0.1) is 0 Å². The average Bonchev–Trinajstić information content (AvgIpc) is 3.76. The zero-order valence-electron chi connectivity index (χ0n) is 36.8. The summed E-state index contributed by atoms with van der Waals surface area (Å²) in [5.74, 6) is 2.42. The zero-order valence-corrected chi connectivity index (χ0v) is 36.8. The van der Waals surface area contributed by atoms with E-state index in [1.54, 1.807) is 0 Å². The fourth-order valence-electron chi connectivity index (χ4n) is 8.56. The highest BCUT2D eigenvalue weighted by Gasteiger charge is 2.30. The minimum absolute atomic E-state index is 0.0244. The molecule has 1 aliphatic heterocycles. The molecule has 6 aromatic carbocycles. The smallest absolute Gasteiger partial charge is 0.138 e. The molecule has 3 heterocycles. The molecule has 9 rings (SSSR count). The molecule has 302 valence electrons. The number of pyridine rings is 1. The van der Waals surface area contributed by atoms with Gasteiger partial charge in [-0.3, -0.25) is 4.57 Å². The van der Waals surface area contributed by atoms with Crippen molar-refractivity contribution in [3.8, 4) is 28.4 Å². The molecule has 2 aromatic heterocycles. The molecule has 0 amide bonds. The Morgan fingerprint density at radius 3 is 1.82 bits per heavy atom. The van der Waals surface area contributed by atoms with Crippen LogP contribution >= 0.6 is 0 Å². The lowest BCUT2D eigenvalue weighted by Crippen LogP contribution is -2.25. The number of ether oxygens (including phenoxy) is 1. The molecule has 0 spiro atoms. The summed E-state index contributed by atoms with van der Waals surface area (Å²) in [4.78, 5) is 9.80. The lowest BCUT2D eigenvalue weighted by Gasteiger charge is -2.29. The first-order valence-corrected chi connectivity index (χ1v) is 21.2. The monoisotopic (exact) mass is 788 g/mol. The van der Waals surface area contributed by atoms with Crippen LogP contribution in [0.15, 0.2) is 146 Å². The summed E-state index contributed by atoms with van der Waals surface area (Å²) < 4.78 is 9.02. The molecule has 0 fully saturated rings. The van der Waals surface area contributed by atoms with Crippen LogP contribution in [0.5, 0.6) is 11.5 Å². The molecule has 0 saturated carbocycles. The maximum Gasteiger partial charge on any atom is 0.138 e. The van der Waals surface area contributed by atoms with Gasteiger partial charge in [-0.2, -0.15) is 0 Å². The van der Waals surface area contributed by atoms with Gasteiger partial charge in [0, 0.05) is 40.5 Å². The van der Waals surface area contributed by atoms with Gasteiger partial charge in [0.25, 0.3) is 0 Å². The van der Waals surface area contributed by atoms with Crippen molar-refractivity contribution in [2.45, 2.75) is 85.5 Å². The molecule has 0 aliphatic carbocycles.